The summed E-state index contributed by atoms with van der Waals surface area (Å²) < 4.78 is 15.5. The minimum Gasteiger partial charge on any atom is -0.454 e. The third-order valence-electron chi connectivity index (χ3n) is 3.82. The summed E-state index contributed by atoms with van der Waals surface area (Å²) in [7, 11) is 0. The first-order chi connectivity index (χ1) is 11.7. The Kier molecular flexibility index (Phi) is 3.45. The fourth-order valence-electron chi connectivity index (χ4n) is 2.61. The van der Waals surface area contributed by atoms with Crippen LogP contribution in [0.4, 0.5) is 0 Å². The summed E-state index contributed by atoms with van der Waals surface area (Å²) in [5, 5.41) is 2.86. The smallest absolute Gasteiger partial charge is 0.417 e. The van der Waals surface area contributed by atoms with E-state index in [1.807, 2.05) is 6.07 Å². The number of rotatable bonds is 4. The third kappa shape index (κ3) is 2.71. The standard InChI is InChI=1S/C17H14N2O5/c20-16(11-2-4-13-15(8-11)23-9-22-13)18-6-5-10-1-3-12-14(7-10)24-17(21)19-12/h1-4,7-8H,5-6,9H2,(H,18,20)(H,19,21). The van der Waals surface area contributed by atoms with Gasteiger partial charge in [0.25, 0.3) is 5.91 Å². The lowest BCUT2D eigenvalue weighted by Gasteiger charge is -2.06. The van der Waals surface area contributed by atoms with Crippen LogP contribution < -0.4 is 20.5 Å². The molecule has 0 bridgehead atoms. The molecule has 24 heavy (non-hydrogen) atoms. The number of hydrogen-bond donors (Lipinski definition) is 2. The normalized spacial score (nSPS) is 12.5. The van der Waals surface area contributed by atoms with Crippen molar-refractivity contribution in [3.05, 3.63) is 58.1 Å². The summed E-state index contributed by atoms with van der Waals surface area (Å²) in [5.74, 6) is 0.573. The van der Waals surface area contributed by atoms with Gasteiger partial charge < -0.3 is 19.2 Å². The van der Waals surface area contributed by atoms with Gasteiger partial charge in [0.2, 0.25) is 6.79 Å². The van der Waals surface area contributed by atoms with Crippen molar-refractivity contribution < 1.29 is 18.7 Å². The molecule has 0 aliphatic carbocycles. The SMILES string of the molecule is O=C(NCCc1ccc2[nH]c(=O)oc2c1)c1ccc2c(c1)OCO2. The Hall–Kier alpha value is -3.22. The first-order valence-corrected chi connectivity index (χ1v) is 7.49. The highest BCUT2D eigenvalue weighted by Gasteiger charge is 2.16. The maximum Gasteiger partial charge on any atom is 0.417 e. The second-order valence-electron chi connectivity index (χ2n) is 5.42. The third-order valence-corrected chi connectivity index (χ3v) is 3.82. The molecular weight excluding hydrogens is 312 g/mol. The summed E-state index contributed by atoms with van der Waals surface area (Å²) >= 11 is 0. The largest absolute Gasteiger partial charge is 0.454 e. The van der Waals surface area contributed by atoms with E-state index in [4.69, 9.17) is 13.9 Å². The Morgan fingerprint density at radius 2 is 2.00 bits per heavy atom. The quantitative estimate of drug-likeness (QED) is 0.763. The van der Waals surface area contributed by atoms with Crippen LogP contribution in [-0.4, -0.2) is 24.2 Å². The number of benzene rings is 2. The van der Waals surface area contributed by atoms with E-state index in [-0.39, 0.29) is 12.7 Å². The number of carbonyl (C=O) groups is 1. The number of carbonyl (C=O) groups excluding carboxylic acids is 1. The molecule has 1 aromatic heterocycles. The van der Waals surface area contributed by atoms with E-state index in [9.17, 15) is 9.59 Å². The van der Waals surface area contributed by atoms with Crippen LogP contribution in [0.2, 0.25) is 0 Å². The number of hydrogen-bond acceptors (Lipinski definition) is 5. The number of aromatic nitrogens is 1. The molecule has 1 aliphatic heterocycles. The Labute approximate surface area is 136 Å². The molecular formula is C17H14N2O5. The number of nitrogens with one attached hydrogen (secondary N) is 2. The number of amides is 1. The molecule has 7 nitrogen and oxygen atoms in total. The van der Waals surface area contributed by atoms with Gasteiger partial charge >= 0.3 is 5.76 Å². The maximum absolute atomic E-state index is 12.2. The van der Waals surface area contributed by atoms with Crippen LogP contribution in [0.1, 0.15) is 15.9 Å². The Balaban J connectivity index is 1.39. The van der Waals surface area contributed by atoms with Gasteiger partial charge in [-0.25, -0.2) is 4.79 Å². The van der Waals surface area contributed by atoms with Crippen molar-refractivity contribution in [2.45, 2.75) is 6.42 Å². The zero-order valence-electron chi connectivity index (χ0n) is 12.6. The number of H-pyrrole nitrogens is 1. The summed E-state index contributed by atoms with van der Waals surface area (Å²) in [4.78, 5) is 25.9. The molecule has 0 spiro atoms. The average molecular weight is 326 g/mol. The molecule has 4 rings (SSSR count). The zero-order chi connectivity index (χ0) is 16.5. The van der Waals surface area contributed by atoms with Crippen molar-refractivity contribution >= 4 is 17.0 Å². The fraction of sp³-hybridized carbons (Fsp3) is 0.176. The summed E-state index contributed by atoms with van der Waals surface area (Å²) in [5.41, 5.74) is 2.66. The lowest BCUT2D eigenvalue weighted by molar-refractivity contribution is 0.0953. The van der Waals surface area contributed by atoms with Gasteiger partial charge in [0.1, 0.15) is 0 Å². The van der Waals surface area contributed by atoms with Gasteiger partial charge in [-0.15, -0.1) is 0 Å². The Morgan fingerprint density at radius 1 is 1.12 bits per heavy atom. The second kappa shape index (κ2) is 5.77. The van der Waals surface area contributed by atoms with Gasteiger partial charge in [0, 0.05) is 12.1 Å². The maximum atomic E-state index is 12.2. The molecule has 2 heterocycles. The van der Waals surface area contributed by atoms with Crippen LogP contribution in [0.3, 0.4) is 0 Å². The summed E-state index contributed by atoms with van der Waals surface area (Å²) in [6, 6.07) is 10.6. The van der Waals surface area contributed by atoms with E-state index >= 15 is 0 Å². The molecule has 0 radical (unpaired) electrons. The summed E-state index contributed by atoms with van der Waals surface area (Å²) in [6.07, 6.45) is 0.626. The van der Waals surface area contributed by atoms with Crippen LogP contribution in [-0.2, 0) is 6.42 Å². The molecule has 3 aromatic rings. The predicted octanol–water partition coefficient (Wildman–Crippen LogP) is 1.82. The molecule has 0 fully saturated rings. The van der Waals surface area contributed by atoms with Crippen LogP contribution >= 0.6 is 0 Å². The van der Waals surface area contributed by atoms with Crippen molar-refractivity contribution in [2.75, 3.05) is 13.3 Å². The molecule has 2 N–H and O–H groups in total. The van der Waals surface area contributed by atoms with E-state index in [0.717, 1.165) is 5.56 Å². The van der Waals surface area contributed by atoms with Gasteiger partial charge in [-0.1, -0.05) is 6.07 Å². The highest BCUT2D eigenvalue weighted by atomic mass is 16.7. The Bertz CT molecular complexity index is 973. The van der Waals surface area contributed by atoms with Gasteiger partial charge in [0.15, 0.2) is 17.1 Å². The molecule has 0 unspecified atom stereocenters. The number of aromatic amines is 1. The monoisotopic (exact) mass is 326 g/mol. The number of ether oxygens (including phenoxy) is 2. The molecule has 0 atom stereocenters. The number of oxazole rings is 1. The van der Waals surface area contributed by atoms with E-state index in [1.165, 1.54) is 0 Å². The molecule has 2 aromatic carbocycles. The fourth-order valence-corrected chi connectivity index (χ4v) is 2.61. The number of fused-ring (bicyclic) bond motifs is 2. The second-order valence-corrected chi connectivity index (χ2v) is 5.42. The predicted molar refractivity (Wildman–Crippen MR) is 85.4 cm³/mol. The molecule has 1 amide bonds. The van der Waals surface area contributed by atoms with E-state index in [2.05, 4.69) is 10.3 Å². The lowest BCUT2D eigenvalue weighted by atomic mass is 10.1. The lowest BCUT2D eigenvalue weighted by Crippen LogP contribution is -2.25. The molecule has 1 aliphatic rings. The van der Waals surface area contributed by atoms with Gasteiger partial charge in [0.05, 0.1) is 5.52 Å². The van der Waals surface area contributed by atoms with Crippen LogP contribution in [0.25, 0.3) is 11.1 Å². The van der Waals surface area contributed by atoms with E-state index < -0.39 is 5.76 Å². The van der Waals surface area contributed by atoms with Crippen molar-refractivity contribution in [1.29, 1.82) is 0 Å². The highest BCUT2D eigenvalue weighted by molar-refractivity contribution is 5.94. The van der Waals surface area contributed by atoms with Crippen LogP contribution in [0.5, 0.6) is 11.5 Å². The van der Waals surface area contributed by atoms with Crippen molar-refractivity contribution in [3.63, 3.8) is 0 Å². The zero-order valence-corrected chi connectivity index (χ0v) is 12.6. The first-order valence-electron chi connectivity index (χ1n) is 7.49. The minimum absolute atomic E-state index is 0.178. The van der Waals surface area contributed by atoms with Crippen LogP contribution in [0.15, 0.2) is 45.6 Å². The van der Waals surface area contributed by atoms with Gasteiger partial charge in [-0.3, -0.25) is 9.78 Å². The molecule has 0 saturated heterocycles. The molecule has 0 saturated carbocycles. The topological polar surface area (TPSA) is 93.6 Å². The van der Waals surface area contributed by atoms with Crippen molar-refractivity contribution in [2.24, 2.45) is 0 Å². The van der Waals surface area contributed by atoms with Crippen molar-refractivity contribution in [3.8, 4) is 11.5 Å². The highest BCUT2D eigenvalue weighted by Crippen LogP contribution is 2.32. The van der Waals surface area contributed by atoms with Gasteiger partial charge in [-0.05, 0) is 42.3 Å². The van der Waals surface area contributed by atoms with E-state index in [0.29, 0.717) is 41.1 Å². The Morgan fingerprint density at radius 3 is 2.92 bits per heavy atom. The minimum atomic E-state index is -0.474. The van der Waals surface area contributed by atoms with E-state index in [1.54, 1.807) is 30.3 Å². The first kappa shape index (κ1) is 14.4. The van der Waals surface area contributed by atoms with Crippen molar-refractivity contribution in [1.82, 2.24) is 10.3 Å². The van der Waals surface area contributed by atoms with Crippen LogP contribution in [0, 0.1) is 0 Å². The van der Waals surface area contributed by atoms with Gasteiger partial charge in [-0.2, -0.15) is 0 Å². The average Bonchev–Trinajstić information content (AvgIpc) is 3.18. The summed E-state index contributed by atoms with van der Waals surface area (Å²) in [6.45, 7) is 0.644. The molecule has 122 valence electrons. The molecule has 7 heteroatoms.